The molecule has 0 radical (unpaired) electrons. The van der Waals surface area contributed by atoms with Crippen molar-refractivity contribution in [3.63, 3.8) is 0 Å². The van der Waals surface area contributed by atoms with Gasteiger partial charge < -0.3 is 4.57 Å². The lowest BCUT2D eigenvalue weighted by atomic mass is 9.96. The summed E-state index contributed by atoms with van der Waals surface area (Å²) in [6.45, 7) is 0. The molecule has 36 heavy (non-hydrogen) atoms. The molecular formula is C34H23NSi. The third-order valence-electron chi connectivity index (χ3n) is 8.01. The van der Waals surface area contributed by atoms with Crippen molar-refractivity contribution in [1.29, 1.82) is 0 Å². The standard InChI is InChI=1S/C34H23NSi/c1-2-13-25(14-3-1)36-32-20-10-7-17-28(32)27-16-6-9-19-31(27)35(36)34-26-15-5-4-12-24(26)22-23-30(34)29-18-8-11-21-33(29)36/h1-23H. The van der Waals surface area contributed by atoms with Gasteiger partial charge in [0, 0.05) is 27.9 Å². The highest BCUT2D eigenvalue weighted by Gasteiger charge is 2.55. The molecule has 0 fully saturated rings. The van der Waals surface area contributed by atoms with Crippen LogP contribution in [0.3, 0.4) is 0 Å². The first-order chi connectivity index (χ1) is 17.9. The molecule has 0 N–H and O–H groups in total. The Balaban J connectivity index is 1.66. The lowest BCUT2D eigenvalue weighted by Gasteiger charge is -2.53. The molecule has 8 rings (SSSR count). The Kier molecular flexibility index (Phi) is 4.03. The third-order valence-corrected chi connectivity index (χ3v) is 12.7. The summed E-state index contributed by atoms with van der Waals surface area (Å²) in [6.07, 6.45) is 0. The minimum absolute atomic E-state index is 1.28. The molecule has 1 unspecified atom stereocenters. The summed E-state index contributed by atoms with van der Waals surface area (Å²) < 4.78 is 2.78. The number of hydrogen-bond donors (Lipinski definition) is 0. The zero-order valence-electron chi connectivity index (χ0n) is 19.7. The highest BCUT2D eigenvalue weighted by molar-refractivity contribution is 7.16. The summed E-state index contributed by atoms with van der Waals surface area (Å²) in [5, 5.41) is 6.93. The van der Waals surface area contributed by atoms with Crippen LogP contribution in [0.1, 0.15) is 0 Å². The lowest BCUT2D eigenvalue weighted by molar-refractivity contribution is 1.34. The SMILES string of the molecule is c1ccc([Si]23c4ccccc4-c4ccccc4N2c2c(ccc4ccccc24)-c2ccccc23)cc1. The molecule has 2 aliphatic rings. The quantitative estimate of drug-likeness (QED) is 0.243. The Bertz CT molecular complexity index is 1810. The summed E-state index contributed by atoms with van der Waals surface area (Å²) in [5.41, 5.74) is 7.99. The fourth-order valence-electron chi connectivity index (χ4n) is 6.65. The molecule has 6 aromatic rings. The second kappa shape index (κ2) is 7.30. The number of hydrogen-bond acceptors (Lipinski definition) is 1. The molecule has 0 aliphatic carbocycles. The molecule has 0 spiro atoms. The van der Waals surface area contributed by atoms with Crippen LogP contribution < -0.4 is 20.1 Å². The van der Waals surface area contributed by atoms with Crippen LogP contribution in [0.5, 0.6) is 0 Å². The maximum atomic E-state index is 2.78. The zero-order chi connectivity index (χ0) is 23.7. The van der Waals surface area contributed by atoms with Crippen molar-refractivity contribution in [3.8, 4) is 22.3 Å². The predicted octanol–water partition coefficient (Wildman–Crippen LogP) is 6.61. The summed E-state index contributed by atoms with van der Waals surface area (Å²) >= 11 is 0. The van der Waals surface area contributed by atoms with E-state index >= 15 is 0 Å². The molecule has 0 bridgehead atoms. The van der Waals surface area contributed by atoms with Crippen molar-refractivity contribution in [1.82, 2.24) is 0 Å². The van der Waals surface area contributed by atoms with Crippen molar-refractivity contribution in [3.05, 3.63) is 140 Å². The van der Waals surface area contributed by atoms with Crippen LogP contribution in [0.15, 0.2) is 140 Å². The van der Waals surface area contributed by atoms with Crippen LogP contribution in [0.4, 0.5) is 11.4 Å². The van der Waals surface area contributed by atoms with Crippen molar-refractivity contribution < 1.29 is 0 Å². The molecule has 2 heteroatoms. The van der Waals surface area contributed by atoms with Gasteiger partial charge in [-0.15, -0.1) is 0 Å². The molecule has 1 nitrogen and oxygen atoms in total. The second-order valence-electron chi connectivity index (χ2n) is 9.70. The number of rotatable bonds is 1. The molecule has 0 saturated heterocycles. The molecule has 0 aromatic heterocycles. The first-order valence-electron chi connectivity index (χ1n) is 12.6. The first kappa shape index (κ1) is 19.9. The maximum absolute atomic E-state index is 2.78. The predicted molar refractivity (Wildman–Crippen MR) is 154 cm³/mol. The van der Waals surface area contributed by atoms with Crippen LogP contribution in [0, 0.1) is 0 Å². The van der Waals surface area contributed by atoms with Gasteiger partial charge in [-0.3, -0.25) is 0 Å². The summed E-state index contributed by atoms with van der Waals surface area (Å²) in [4.78, 5) is 0. The van der Waals surface area contributed by atoms with E-state index in [0.717, 1.165) is 0 Å². The van der Waals surface area contributed by atoms with Crippen molar-refractivity contribution >= 4 is 45.9 Å². The van der Waals surface area contributed by atoms with Crippen molar-refractivity contribution in [2.45, 2.75) is 0 Å². The van der Waals surface area contributed by atoms with Gasteiger partial charge in [0.2, 0.25) is 0 Å². The molecular weight excluding hydrogens is 450 g/mol. The van der Waals surface area contributed by atoms with Gasteiger partial charge in [0.05, 0.1) is 0 Å². The highest BCUT2D eigenvalue weighted by Crippen LogP contribution is 2.51. The maximum Gasteiger partial charge on any atom is 0.258 e. The van der Waals surface area contributed by atoms with Crippen LogP contribution in [-0.4, -0.2) is 8.24 Å². The average molecular weight is 474 g/mol. The van der Waals surface area contributed by atoms with E-state index in [1.165, 1.54) is 60.0 Å². The van der Waals surface area contributed by atoms with E-state index < -0.39 is 8.24 Å². The fourth-order valence-corrected chi connectivity index (χ4v) is 12.0. The van der Waals surface area contributed by atoms with E-state index in [9.17, 15) is 0 Å². The van der Waals surface area contributed by atoms with Gasteiger partial charge in [-0.2, -0.15) is 0 Å². The van der Waals surface area contributed by atoms with E-state index in [-0.39, 0.29) is 0 Å². The smallest absolute Gasteiger partial charge is 0.258 e. The molecule has 2 heterocycles. The van der Waals surface area contributed by atoms with E-state index in [1.807, 2.05) is 0 Å². The van der Waals surface area contributed by atoms with Gasteiger partial charge in [0.1, 0.15) is 0 Å². The number of nitrogens with zero attached hydrogens (tertiary/aromatic N) is 1. The number of fused-ring (bicyclic) bond motifs is 13. The van der Waals surface area contributed by atoms with Gasteiger partial charge in [0.15, 0.2) is 0 Å². The van der Waals surface area contributed by atoms with Gasteiger partial charge in [-0.05, 0) is 38.1 Å². The largest absolute Gasteiger partial charge is 0.355 e. The molecule has 6 aromatic carbocycles. The Morgan fingerprint density at radius 1 is 0.417 bits per heavy atom. The minimum Gasteiger partial charge on any atom is -0.355 e. The normalized spacial score (nSPS) is 16.9. The van der Waals surface area contributed by atoms with E-state index in [1.54, 1.807) is 0 Å². The Morgan fingerprint density at radius 2 is 1.00 bits per heavy atom. The van der Waals surface area contributed by atoms with Crippen molar-refractivity contribution in [2.75, 3.05) is 4.57 Å². The van der Waals surface area contributed by atoms with Gasteiger partial charge >= 0.3 is 0 Å². The fraction of sp³-hybridized carbons (Fsp3) is 0. The van der Waals surface area contributed by atoms with Crippen LogP contribution in [0.2, 0.25) is 0 Å². The molecule has 1 atom stereocenters. The Hall–Kier alpha value is -4.40. The summed E-state index contributed by atoms with van der Waals surface area (Å²) in [6, 6.07) is 52.0. The zero-order valence-corrected chi connectivity index (χ0v) is 20.7. The minimum atomic E-state index is -2.70. The topological polar surface area (TPSA) is 3.24 Å². The molecule has 0 saturated carbocycles. The third kappa shape index (κ3) is 2.39. The second-order valence-corrected chi connectivity index (χ2v) is 13.2. The number of benzene rings is 6. The van der Waals surface area contributed by atoms with Gasteiger partial charge in [0.25, 0.3) is 8.24 Å². The highest BCUT2D eigenvalue weighted by atomic mass is 28.3. The first-order valence-corrected chi connectivity index (χ1v) is 14.5. The van der Waals surface area contributed by atoms with E-state index in [0.29, 0.717) is 0 Å². The lowest BCUT2D eigenvalue weighted by Crippen LogP contribution is -2.79. The Labute approximate surface area is 212 Å². The van der Waals surface area contributed by atoms with E-state index in [2.05, 4.69) is 144 Å². The van der Waals surface area contributed by atoms with Gasteiger partial charge in [-0.25, -0.2) is 0 Å². The average Bonchev–Trinajstić information content (AvgIpc) is 2.97. The molecule has 2 aliphatic heterocycles. The van der Waals surface area contributed by atoms with Crippen LogP contribution in [0.25, 0.3) is 33.0 Å². The van der Waals surface area contributed by atoms with Crippen LogP contribution >= 0.6 is 0 Å². The number of para-hydroxylation sites is 1. The molecule has 0 amide bonds. The number of anilines is 2. The van der Waals surface area contributed by atoms with E-state index in [4.69, 9.17) is 0 Å². The summed E-state index contributed by atoms with van der Waals surface area (Å²) in [5.74, 6) is 0. The Morgan fingerprint density at radius 3 is 1.78 bits per heavy atom. The van der Waals surface area contributed by atoms with Crippen LogP contribution in [-0.2, 0) is 0 Å². The monoisotopic (exact) mass is 473 g/mol. The summed E-state index contributed by atoms with van der Waals surface area (Å²) in [7, 11) is -2.70. The molecule has 168 valence electrons. The van der Waals surface area contributed by atoms with Gasteiger partial charge in [-0.1, -0.05) is 133 Å². The van der Waals surface area contributed by atoms with Crippen molar-refractivity contribution in [2.24, 2.45) is 0 Å².